The van der Waals surface area contributed by atoms with Crippen molar-refractivity contribution in [2.75, 3.05) is 0 Å². The number of rotatable bonds is 3. The van der Waals surface area contributed by atoms with E-state index in [-0.39, 0.29) is 17.2 Å². The summed E-state index contributed by atoms with van der Waals surface area (Å²) >= 11 is 0. The molecule has 1 rings (SSSR count). The van der Waals surface area contributed by atoms with Crippen molar-refractivity contribution in [1.82, 2.24) is 0 Å². The Balaban J connectivity index is 2.77. The maximum Gasteiger partial charge on any atom is 0.338 e. The number of phenolic OH excluding ortho intramolecular Hbond substituents is 2. The van der Waals surface area contributed by atoms with Crippen LogP contribution in [0.4, 0.5) is 0 Å². The van der Waals surface area contributed by atoms with Gasteiger partial charge in [0, 0.05) is 11.6 Å². The third-order valence-electron chi connectivity index (χ3n) is 1.87. The number of hydrogen-bond acceptors (Lipinski definition) is 4. The van der Waals surface area contributed by atoms with E-state index in [9.17, 15) is 4.79 Å². The van der Waals surface area contributed by atoms with Crippen LogP contribution in [0.15, 0.2) is 30.4 Å². The Bertz CT molecular complexity index is 396. The highest BCUT2D eigenvalue weighted by Gasteiger charge is 2.09. The molecule has 80 valence electrons. The molecule has 0 aromatic heterocycles. The van der Waals surface area contributed by atoms with Crippen LogP contribution in [-0.4, -0.2) is 16.2 Å². The number of phenols is 2. The number of ether oxygens (including phenoxy) is 1. The van der Waals surface area contributed by atoms with Crippen molar-refractivity contribution >= 4 is 5.97 Å². The number of aromatic hydroxyl groups is 2. The Kier molecular flexibility index (Phi) is 3.33. The van der Waals surface area contributed by atoms with Crippen molar-refractivity contribution in [3.8, 4) is 17.2 Å². The molecule has 2 N–H and O–H groups in total. The standard InChI is InChI=1S/C11H12O4/c1-3-7(2)11(14)15-8-4-5-9(12)10(13)6-8/h4-6,12-13H,2-3H2,1H3. The van der Waals surface area contributed by atoms with Crippen LogP contribution in [0.5, 0.6) is 17.2 Å². The zero-order valence-electron chi connectivity index (χ0n) is 8.36. The first-order valence-corrected chi connectivity index (χ1v) is 4.46. The molecular formula is C11H12O4. The van der Waals surface area contributed by atoms with E-state index in [1.54, 1.807) is 6.92 Å². The van der Waals surface area contributed by atoms with Crippen molar-refractivity contribution in [2.24, 2.45) is 0 Å². The molecule has 0 atom stereocenters. The molecule has 0 saturated heterocycles. The van der Waals surface area contributed by atoms with Gasteiger partial charge in [0.05, 0.1) is 0 Å². The van der Waals surface area contributed by atoms with Gasteiger partial charge < -0.3 is 14.9 Å². The molecule has 0 bridgehead atoms. The van der Waals surface area contributed by atoms with Gasteiger partial charge in [0.1, 0.15) is 5.75 Å². The molecule has 0 saturated carbocycles. The molecule has 0 aliphatic rings. The molecule has 0 aliphatic heterocycles. The molecule has 4 heteroatoms. The average Bonchev–Trinajstić information content (AvgIpc) is 2.22. The molecule has 0 radical (unpaired) electrons. The second-order valence-electron chi connectivity index (χ2n) is 3.00. The number of carbonyl (C=O) groups excluding carboxylic acids is 1. The highest BCUT2D eigenvalue weighted by Crippen LogP contribution is 2.28. The zero-order chi connectivity index (χ0) is 11.4. The van der Waals surface area contributed by atoms with E-state index >= 15 is 0 Å². The largest absolute Gasteiger partial charge is 0.504 e. The zero-order valence-corrected chi connectivity index (χ0v) is 8.36. The van der Waals surface area contributed by atoms with Gasteiger partial charge in [-0.3, -0.25) is 0 Å². The first kappa shape index (κ1) is 11.1. The Hall–Kier alpha value is -1.97. The van der Waals surface area contributed by atoms with E-state index in [1.807, 2.05) is 0 Å². The first-order chi connectivity index (χ1) is 7.04. The summed E-state index contributed by atoms with van der Waals surface area (Å²) in [5.74, 6) is -0.959. The van der Waals surface area contributed by atoms with Crippen LogP contribution in [0.3, 0.4) is 0 Å². The Morgan fingerprint density at radius 2 is 2.07 bits per heavy atom. The SMILES string of the molecule is C=C(CC)C(=O)Oc1ccc(O)c(O)c1. The van der Waals surface area contributed by atoms with E-state index < -0.39 is 5.97 Å². The van der Waals surface area contributed by atoms with Crippen molar-refractivity contribution in [1.29, 1.82) is 0 Å². The van der Waals surface area contributed by atoms with Gasteiger partial charge >= 0.3 is 5.97 Å². The molecule has 1 aromatic rings. The van der Waals surface area contributed by atoms with Crippen molar-refractivity contribution in [2.45, 2.75) is 13.3 Å². The molecule has 0 aliphatic carbocycles. The highest BCUT2D eigenvalue weighted by molar-refractivity contribution is 5.89. The van der Waals surface area contributed by atoms with Crippen LogP contribution in [0.2, 0.25) is 0 Å². The highest BCUT2D eigenvalue weighted by atomic mass is 16.5. The van der Waals surface area contributed by atoms with Gasteiger partial charge in [-0.05, 0) is 18.6 Å². The van der Waals surface area contributed by atoms with Gasteiger partial charge in [0.25, 0.3) is 0 Å². The third kappa shape index (κ3) is 2.74. The molecule has 15 heavy (non-hydrogen) atoms. The van der Waals surface area contributed by atoms with Crippen LogP contribution < -0.4 is 4.74 Å². The monoisotopic (exact) mass is 208 g/mol. The first-order valence-electron chi connectivity index (χ1n) is 4.46. The molecular weight excluding hydrogens is 196 g/mol. The van der Waals surface area contributed by atoms with Gasteiger partial charge in [-0.15, -0.1) is 0 Å². The minimum Gasteiger partial charge on any atom is -0.504 e. The fourth-order valence-electron chi connectivity index (χ4n) is 0.890. The van der Waals surface area contributed by atoms with Crippen LogP contribution in [0, 0.1) is 0 Å². The number of carbonyl (C=O) groups is 1. The maximum absolute atomic E-state index is 11.3. The second kappa shape index (κ2) is 4.50. The predicted octanol–water partition coefficient (Wildman–Crippen LogP) is 1.97. The molecule has 0 amide bonds. The van der Waals surface area contributed by atoms with Gasteiger partial charge in [-0.1, -0.05) is 13.5 Å². The van der Waals surface area contributed by atoms with E-state index in [2.05, 4.69) is 6.58 Å². The molecule has 0 spiro atoms. The summed E-state index contributed by atoms with van der Waals surface area (Å²) in [4.78, 5) is 11.3. The third-order valence-corrected chi connectivity index (χ3v) is 1.87. The normalized spacial score (nSPS) is 9.67. The number of benzene rings is 1. The van der Waals surface area contributed by atoms with Crippen molar-refractivity contribution in [3.05, 3.63) is 30.4 Å². The predicted molar refractivity (Wildman–Crippen MR) is 54.8 cm³/mol. The summed E-state index contributed by atoms with van der Waals surface area (Å²) in [6.07, 6.45) is 0.503. The maximum atomic E-state index is 11.3. The molecule has 0 unspecified atom stereocenters. The minimum absolute atomic E-state index is 0.171. The van der Waals surface area contributed by atoms with Gasteiger partial charge in [0.15, 0.2) is 11.5 Å². The lowest BCUT2D eigenvalue weighted by Gasteiger charge is -2.05. The second-order valence-corrected chi connectivity index (χ2v) is 3.00. The Morgan fingerprint density at radius 3 is 2.60 bits per heavy atom. The molecule has 4 nitrogen and oxygen atoms in total. The fraction of sp³-hybridized carbons (Fsp3) is 0.182. The summed E-state index contributed by atoms with van der Waals surface area (Å²) < 4.78 is 4.89. The lowest BCUT2D eigenvalue weighted by molar-refractivity contribution is -0.130. The summed E-state index contributed by atoms with van der Waals surface area (Å²) in [7, 11) is 0. The summed E-state index contributed by atoms with van der Waals surface area (Å²) in [6.45, 7) is 5.31. The van der Waals surface area contributed by atoms with E-state index in [4.69, 9.17) is 14.9 Å². The van der Waals surface area contributed by atoms with E-state index in [0.717, 1.165) is 6.07 Å². The number of hydrogen-bond donors (Lipinski definition) is 2. The van der Waals surface area contributed by atoms with Crippen LogP contribution in [0.1, 0.15) is 13.3 Å². The lowest BCUT2D eigenvalue weighted by Crippen LogP contribution is -2.09. The van der Waals surface area contributed by atoms with Gasteiger partial charge in [0.2, 0.25) is 0 Å². The minimum atomic E-state index is -0.539. The molecule has 1 aromatic carbocycles. The van der Waals surface area contributed by atoms with Crippen molar-refractivity contribution < 1.29 is 19.7 Å². The van der Waals surface area contributed by atoms with Gasteiger partial charge in [-0.2, -0.15) is 0 Å². The van der Waals surface area contributed by atoms with Crippen LogP contribution >= 0.6 is 0 Å². The van der Waals surface area contributed by atoms with E-state index in [0.29, 0.717) is 12.0 Å². The average molecular weight is 208 g/mol. The van der Waals surface area contributed by atoms with Crippen molar-refractivity contribution in [3.63, 3.8) is 0 Å². The fourth-order valence-corrected chi connectivity index (χ4v) is 0.890. The van der Waals surface area contributed by atoms with Crippen LogP contribution in [-0.2, 0) is 4.79 Å². The molecule has 0 fully saturated rings. The van der Waals surface area contributed by atoms with E-state index in [1.165, 1.54) is 12.1 Å². The summed E-state index contributed by atoms with van der Waals surface area (Å²) in [5.41, 5.74) is 0.350. The summed E-state index contributed by atoms with van der Waals surface area (Å²) in [5, 5.41) is 18.2. The number of esters is 1. The molecule has 0 heterocycles. The quantitative estimate of drug-likeness (QED) is 0.345. The Morgan fingerprint density at radius 1 is 1.40 bits per heavy atom. The summed E-state index contributed by atoms with van der Waals surface area (Å²) in [6, 6.07) is 3.79. The smallest absolute Gasteiger partial charge is 0.338 e. The topological polar surface area (TPSA) is 66.8 Å². The Labute approximate surface area is 87.4 Å². The lowest BCUT2D eigenvalue weighted by atomic mass is 10.2. The van der Waals surface area contributed by atoms with Crippen LogP contribution in [0.25, 0.3) is 0 Å². The van der Waals surface area contributed by atoms with Gasteiger partial charge in [-0.25, -0.2) is 4.79 Å².